The first-order valence-electron chi connectivity index (χ1n) is 7.77. The quantitative estimate of drug-likeness (QED) is 0.852. The molecule has 1 fully saturated rings. The number of nitrogens with zero attached hydrogens (tertiary/aromatic N) is 2. The summed E-state index contributed by atoms with van der Waals surface area (Å²) in [4.78, 5) is 11.9. The lowest BCUT2D eigenvalue weighted by Gasteiger charge is -2.06. The number of carbonyl (C=O) groups excluding carboxylic acids is 1. The van der Waals surface area contributed by atoms with Gasteiger partial charge in [-0.25, -0.2) is 4.39 Å². The number of aromatic nitrogens is 2. The first-order valence-corrected chi connectivity index (χ1v) is 8.58. The molecule has 7 heteroatoms. The lowest BCUT2D eigenvalue weighted by atomic mass is 10.0. The zero-order chi connectivity index (χ0) is 16.1. The van der Waals surface area contributed by atoms with Crippen LogP contribution < -0.4 is 10.6 Å². The van der Waals surface area contributed by atoms with Gasteiger partial charge >= 0.3 is 0 Å². The van der Waals surface area contributed by atoms with Crippen molar-refractivity contribution in [1.29, 1.82) is 0 Å². The van der Waals surface area contributed by atoms with E-state index in [9.17, 15) is 9.18 Å². The molecule has 2 N–H and O–H groups in total. The fraction of sp³-hybridized carbons (Fsp3) is 0.438. The minimum Gasteiger partial charge on any atom is -0.316 e. The summed E-state index contributed by atoms with van der Waals surface area (Å²) >= 11 is 1.29. The Morgan fingerprint density at radius 1 is 1.39 bits per heavy atom. The molecule has 1 aromatic heterocycles. The summed E-state index contributed by atoms with van der Waals surface area (Å²) in [5.41, 5.74) is 0.579. The van der Waals surface area contributed by atoms with E-state index in [1.807, 2.05) is 0 Å². The van der Waals surface area contributed by atoms with Crippen molar-refractivity contribution in [3.63, 3.8) is 0 Å². The fourth-order valence-electron chi connectivity index (χ4n) is 2.66. The van der Waals surface area contributed by atoms with Crippen LogP contribution in [0.5, 0.6) is 0 Å². The summed E-state index contributed by atoms with van der Waals surface area (Å²) in [5, 5.41) is 15.2. The van der Waals surface area contributed by atoms with Crippen LogP contribution in [0.2, 0.25) is 0 Å². The van der Waals surface area contributed by atoms with Crippen molar-refractivity contribution in [3.8, 4) is 0 Å². The molecule has 23 heavy (non-hydrogen) atoms. The molecule has 0 bridgehead atoms. The molecule has 0 spiro atoms. The van der Waals surface area contributed by atoms with Crippen molar-refractivity contribution in [2.45, 2.75) is 25.7 Å². The number of nitrogens with one attached hydrogen (secondary N) is 2. The molecule has 5 nitrogen and oxygen atoms in total. The van der Waals surface area contributed by atoms with Gasteiger partial charge in [0.1, 0.15) is 10.8 Å². The van der Waals surface area contributed by atoms with E-state index in [0.29, 0.717) is 34.5 Å². The van der Waals surface area contributed by atoms with Crippen molar-refractivity contribution in [2.24, 2.45) is 5.92 Å². The van der Waals surface area contributed by atoms with Crippen molar-refractivity contribution in [2.75, 3.05) is 18.4 Å². The van der Waals surface area contributed by atoms with E-state index in [-0.39, 0.29) is 11.7 Å². The molecule has 1 saturated heterocycles. The normalized spacial score (nSPS) is 17.3. The molecular formula is C16H19FN4OS. The minimum atomic E-state index is -0.251. The lowest BCUT2D eigenvalue weighted by Crippen LogP contribution is -2.14. The van der Waals surface area contributed by atoms with Crippen LogP contribution in [0.25, 0.3) is 0 Å². The zero-order valence-corrected chi connectivity index (χ0v) is 13.5. The van der Waals surface area contributed by atoms with Crippen LogP contribution in [0.3, 0.4) is 0 Å². The molecule has 3 rings (SSSR count). The first kappa shape index (κ1) is 16.0. The van der Waals surface area contributed by atoms with E-state index in [4.69, 9.17) is 0 Å². The molecule has 1 unspecified atom stereocenters. The maximum Gasteiger partial charge on any atom is 0.226 e. The number of anilines is 1. The van der Waals surface area contributed by atoms with E-state index in [1.54, 1.807) is 18.2 Å². The maximum absolute atomic E-state index is 13.6. The third-order valence-corrected chi connectivity index (χ3v) is 4.79. The molecule has 0 aliphatic carbocycles. The second kappa shape index (κ2) is 7.61. The van der Waals surface area contributed by atoms with E-state index in [0.717, 1.165) is 25.9 Å². The summed E-state index contributed by atoms with van der Waals surface area (Å²) in [5.74, 6) is 0.302. The van der Waals surface area contributed by atoms with Gasteiger partial charge in [0.15, 0.2) is 0 Å². The van der Waals surface area contributed by atoms with E-state index >= 15 is 0 Å². The topological polar surface area (TPSA) is 66.9 Å². The van der Waals surface area contributed by atoms with Gasteiger partial charge in [-0.15, -0.1) is 10.2 Å². The van der Waals surface area contributed by atoms with Crippen molar-refractivity contribution >= 4 is 22.4 Å². The number of hydrogen-bond donors (Lipinski definition) is 2. The standard InChI is InChI=1S/C16H19FN4OS/c17-13-4-2-1-3-12(13)9-15-20-21-16(23-15)19-14(22)6-5-11-7-8-18-10-11/h1-4,11,18H,5-10H2,(H,19,21,22). The van der Waals surface area contributed by atoms with Crippen LogP contribution in [0.4, 0.5) is 9.52 Å². The average molecular weight is 334 g/mol. The van der Waals surface area contributed by atoms with E-state index in [1.165, 1.54) is 17.4 Å². The Kier molecular flexibility index (Phi) is 5.30. The molecule has 1 amide bonds. The highest BCUT2D eigenvalue weighted by Gasteiger charge is 2.16. The van der Waals surface area contributed by atoms with Crippen LogP contribution >= 0.6 is 11.3 Å². The van der Waals surface area contributed by atoms with Crippen LogP contribution in [0.15, 0.2) is 24.3 Å². The van der Waals surface area contributed by atoms with Gasteiger partial charge in [-0.2, -0.15) is 0 Å². The molecule has 0 radical (unpaired) electrons. The Balaban J connectivity index is 1.50. The van der Waals surface area contributed by atoms with Crippen LogP contribution in [-0.4, -0.2) is 29.2 Å². The van der Waals surface area contributed by atoms with Gasteiger partial charge in [0, 0.05) is 12.8 Å². The highest BCUT2D eigenvalue weighted by atomic mass is 32.1. The third kappa shape index (κ3) is 4.56. The summed E-state index contributed by atoms with van der Waals surface area (Å²) in [7, 11) is 0. The molecule has 1 atom stereocenters. The van der Waals surface area contributed by atoms with Crippen molar-refractivity contribution < 1.29 is 9.18 Å². The third-order valence-electron chi connectivity index (χ3n) is 3.95. The largest absolute Gasteiger partial charge is 0.316 e. The molecule has 0 saturated carbocycles. The molecule has 122 valence electrons. The Labute approximate surface area is 138 Å². The van der Waals surface area contributed by atoms with Crippen molar-refractivity contribution in [3.05, 3.63) is 40.7 Å². The minimum absolute atomic E-state index is 0.0366. The summed E-state index contributed by atoms with van der Waals surface area (Å²) in [6.07, 6.45) is 2.90. The Morgan fingerprint density at radius 2 is 2.26 bits per heavy atom. The molecule has 1 aromatic carbocycles. The average Bonchev–Trinajstić information content (AvgIpc) is 3.19. The monoisotopic (exact) mass is 334 g/mol. The number of carbonyl (C=O) groups is 1. The number of amides is 1. The predicted molar refractivity (Wildman–Crippen MR) is 88.0 cm³/mol. The van der Waals surface area contributed by atoms with Gasteiger partial charge in [0.2, 0.25) is 11.0 Å². The van der Waals surface area contributed by atoms with Crippen molar-refractivity contribution in [1.82, 2.24) is 15.5 Å². The highest BCUT2D eigenvalue weighted by Crippen LogP contribution is 2.21. The molecular weight excluding hydrogens is 315 g/mol. The lowest BCUT2D eigenvalue weighted by molar-refractivity contribution is -0.116. The Bertz CT molecular complexity index is 670. The summed E-state index contributed by atoms with van der Waals surface area (Å²) < 4.78 is 13.6. The van der Waals surface area contributed by atoms with Crippen LogP contribution in [0.1, 0.15) is 29.8 Å². The van der Waals surface area contributed by atoms with Gasteiger partial charge in [-0.05, 0) is 43.5 Å². The second-order valence-electron chi connectivity index (χ2n) is 5.71. The summed E-state index contributed by atoms with van der Waals surface area (Å²) in [6, 6.07) is 6.60. The first-order chi connectivity index (χ1) is 11.2. The number of halogens is 1. The maximum atomic E-state index is 13.6. The summed E-state index contributed by atoms with van der Waals surface area (Å²) in [6.45, 7) is 2.04. The fourth-order valence-corrected chi connectivity index (χ4v) is 3.44. The number of rotatable bonds is 6. The molecule has 1 aliphatic heterocycles. The number of hydrogen-bond acceptors (Lipinski definition) is 5. The Hall–Kier alpha value is -1.86. The van der Waals surface area contributed by atoms with Crippen LogP contribution in [-0.2, 0) is 11.2 Å². The highest BCUT2D eigenvalue weighted by molar-refractivity contribution is 7.15. The van der Waals surface area contributed by atoms with E-state index in [2.05, 4.69) is 20.8 Å². The van der Waals surface area contributed by atoms with Gasteiger partial charge in [-0.1, -0.05) is 29.5 Å². The van der Waals surface area contributed by atoms with Crippen LogP contribution in [0, 0.1) is 11.7 Å². The second-order valence-corrected chi connectivity index (χ2v) is 6.78. The number of benzene rings is 1. The molecule has 1 aliphatic rings. The molecule has 2 aromatic rings. The van der Waals surface area contributed by atoms with Gasteiger partial charge in [-0.3, -0.25) is 4.79 Å². The SMILES string of the molecule is O=C(CCC1CCNC1)Nc1nnc(Cc2ccccc2F)s1. The predicted octanol–water partition coefficient (Wildman–Crippen LogP) is 2.60. The smallest absolute Gasteiger partial charge is 0.226 e. The zero-order valence-electron chi connectivity index (χ0n) is 12.7. The molecule has 2 heterocycles. The van der Waals surface area contributed by atoms with Gasteiger partial charge < -0.3 is 10.6 Å². The van der Waals surface area contributed by atoms with Gasteiger partial charge in [0.25, 0.3) is 0 Å². The van der Waals surface area contributed by atoms with E-state index < -0.39 is 0 Å². The van der Waals surface area contributed by atoms with Gasteiger partial charge in [0.05, 0.1) is 0 Å². The Morgan fingerprint density at radius 3 is 3.04 bits per heavy atom.